The van der Waals surface area contributed by atoms with Crippen LogP contribution in [-0.2, 0) is 16.0 Å². The second-order valence-electron chi connectivity index (χ2n) is 7.01. The van der Waals surface area contributed by atoms with Gasteiger partial charge < -0.3 is 14.8 Å². The SMILES string of the molecule is C[C@H](CCc1ccccc1)NC(=O)COC(=O)c1cccc(Oc2ccccc2)c1. The molecule has 3 aromatic rings. The quantitative estimate of drug-likeness (QED) is 0.523. The van der Waals surface area contributed by atoms with Crippen molar-refractivity contribution >= 4 is 11.9 Å². The van der Waals surface area contributed by atoms with Crippen LogP contribution in [0, 0.1) is 0 Å². The van der Waals surface area contributed by atoms with Gasteiger partial charge in [-0.15, -0.1) is 0 Å². The minimum Gasteiger partial charge on any atom is -0.457 e. The maximum atomic E-state index is 12.3. The van der Waals surface area contributed by atoms with Crippen LogP contribution in [-0.4, -0.2) is 24.5 Å². The number of hydrogen-bond donors (Lipinski definition) is 1. The van der Waals surface area contributed by atoms with Crippen molar-refractivity contribution in [1.29, 1.82) is 0 Å². The Balaban J connectivity index is 1.44. The Labute approximate surface area is 176 Å². The molecule has 0 bridgehead atoms. The lowest BCUT2D eigenvalue weighted by atomic mass is 10.1. The first-order valence-electron chi connectivity index (χ1n) is 9.93. The summed E-state index contributed by atoms with van der Waals surface area (Å²) in [6.45, 7) is 1.62. The number of nitrogens with one attached hydrogen (secondary N) is 1. The molecular formula is C25H25NO4. The van der Waals surface area contributed by atoms with Crippen LogP contribution in [0.25, 0.3) is 0 Å². The van der Waals surface area contributed by atoms with Crippen molar-refractivity contribution in [3.8, 4) is 11.5 Å². The third-order valence-corrected chi connectivity index (χ3v) is 4.50. The first kappa shape index (κ1) is 21.1. The van der Waals surface area contributed by atoms with E-state index in [0.29, 0.717) is 17.1 Å². The lowest BCUT2D eigenvalue weighted by molar-refractivity contribution is -0.124. The predicted molar refractivity (Wildman–Crippen MR) is 116 cm³/mol. The fraction of sp³-hybridized carbons (Fsp3) is 0.200. The Morgan fingerprint density at radius 3 is 2.27 bits per heavy atom. The van der Waals surface area contributed by atoms with Gasteiger partial charge in [0.25, 0.3) is 5.91 Å². The molecule has 0 saturated carbocycles. The molecule has 1 atom stereocenters. The van der Waals surface area contributed by atoms with Crippen LogP contribution in [0.5, 0.6) is 11.5 Å². The van der Waals surface area contributed by atoms with Crippen molar-refractivity contribution in [2.75, 3.05) is 6.61 Å². The second kappa shape index (κ2) is 10.8. The van der Waals surface area contributed by atoms with E-state index in [1.54, 1.807) is 24.3 Å². The van der Waals surface area contributed by atoms with Crippen molar-refractivity contribution < 1.29 is 19.1 Å². The zero-order chi connectivity index (χ0) is 21.2. The molecule has 5 heteroatoms. The molecule has 30 heavy (non-hydrogen) atoms. The van der Waals surface area contributed by atoms with Crippen molar-refractivity contribution in [2.45, 2.75) is 25.8 Å². The molecule has 3 rings (SSSR count). The first-order chi connectivity index (χ1) is 14.6. The van der Waals surface area contributed by atoms with E-state index in [-0.39, 0.29) is 18.6 Å². The van der Waals surface area contributed by atoms with Crippen LogP contribution >= 0.6 is 0 Å². The number of benzene rings is 3. The average Bonchev–Trinajstić information content (AvgIpc) is 2.77. The molecule has 0 aliphatic heterocycles. The lowest BCUT2D eigenvalue weighted by Gasteiger charge is -2.14. The van der Waals surface area contributed by atoms with Gasteiger partial charge in [-0.25, -0.2) is 4.79 Å². The standard InChI is InChI=1S/C25H25NO4/c1-19(15-16-20-9-4-2-5-10-20)26-24(27)18-29-25(28)21-11-8-14-23(17-21)30-22-12-6-3-7-13-22/h2-14,17,19H,15-16,18H2,1H3,(H,26,27)/t19-/m1/s1. The topological polar surface area (TPSA) is 64.6 Å². The smallest absolute Gasteiger partial charge is 0.338 e. The molecule has 0 aliphatic carbocycles. The second-order valence-corrected chi connectivity index (χ2v) is 7.01. The Kier molecular flexibility index (Phi) is 7.61. The molecule has 0 radical (unpaired) electrons. The van der Waals surface area contributed by atoms with Crippen LogP contribution in [0.2, 0.25) is 0 Å². The van der Waals surface area contributed by atoms with Crippen LogP contribution in [0.4, 0.5) is 0 Å². The first-order valence-corrected chi connectivity index (χ1v) is 9.93. The summed E-state index contributed by atoms with van der Waals surface area (Å²) in [6.07, 6.45) is 1.68. The zero-order valence-corrected chi connectivity index (χ0v) is 16.9. The molecule has 5 nitrogen and oxygen atoms in total. The molecule has 0 saturated heterocycles. The highest BCUT2D eigenvalue weighted by molar-refractivity contribution is 5.91. The molecule has 1 N–H and O–H groups in total. The number of rotatable bonds is 9. The van der Waals surface area contributed by atoms with Gasteiger partial charge in [0.2, 0.25) is 0 Å². The van der Waals surface area contributed by atoms with Gasteiger partial charge >= 0.3 is 5.97 Å². The average molecular weight is 403 g/mol. The number of ether oxygens (including phenoxy) is 2. The van der Waals surface area contributed by atoms with Crippen LogP contribution in [0.15, 0.2) is 84.9 Å². The number of carbonyl (C=O) groups is 2. The number of para-hydroxylation sites is 1. The largest absolute Gasteiger partial charge is 0.457 e. The highest BCUT2D eigenvalue weighted by Gasteiger charge is 2.13. The summed E-state index contributed by atoms with van der Waals surface area (Å²) in [5, 5.41) is 2.86. The molecule has 0 aromatic heterocycles. The van der Waals surface area contributed by atoms with Crippen molar-refractivity contribution in [2.24, 2.45) is 0 Å². The third kappa shape index (κ3) is 6.78. The van der Waals surface area contributed by atoms with Gasteiger partial charge in [-0.1, -0.05) is 54.6 Å². The van der Waals surface area contributed by atoms with Crippen molar-refractivity contribution in [1.82, 2.24) is 5.32 Å². The minimum atomic E-state index is -0.569. The van der Waals surface area contributed by atoms with Gasteiger partial charge in [0.1, 0.15) is 11.5 Å². The van der Waals surface area contributed by atoms with E-state index in [9.17, 15) is 9.59 Å². The van der Waals surface area contributed by atoms with Crippen molar-refractivity contribution in [3.05, 3.63) is 96.1 Å². The molecular weight excluding hydrogens is 378 g/mol. The summed E-state index contributed by atoms with van der Waals surface area (Å²) in [4.78, 5) is 24.4. The van der Waals surface area contributed by atoms with Gasteiger partial charge in [0, 0.05) is 6.04 Å². The number of esters is 1. The molecule has 1 amide bonds. The van der Waals surface area contributed by atoms with E-state index in [1.165, 1.54) is 5.56 Å². The third-order valence-electron chi connectivity index (χ3n) is 4.50. The van der Waals surface area contributed by atoms with Crippen LogP contribution in [0.3, 0.4) is 0 Å². The van der Waals surface area contributed by atoms with E-state index in [4.69, 9.17) is 9.47 Å². The van der Waals surface area contributed by atoms with E-state index >= 15 is 0 Å². The maximum absolute atomic E-state index is 12.3. The maximum Gasteiger partial charge on any atom is 0.338 e. The zero-order valence-electron chi connectivity index (χ0n) is 16.9. The summed E-state index contributed by atoms with van der Waals surface area (Å²) in [6, 6.07) is 26.1. The van der Waals surface area contributed by atoms with E-state index in [0.717, 1.165) is 12.8 Å². The summed E-state index contributed by atoms with van der Waals surface area (Å²) in [7, 11) is 0. The van der Waals surface area contributed by atoms with E-state index in [2.05, 4.69) is 17.4 Å². The molecule has 0 unspecified atom stereocenters. The predicted octanol–water partition coefficient (Wildman–Crippen LogP) is 4.77. The molecule has 3 aromatic carbocycles. The molecule has 0 spiro atoms. The number of aryl methyl sites for hydroxylation is 1. The Morgan fingerprint density at radius 1 is 0.867 bits per heavy atom. The van der Waals surface area contributed by atoms with Crippen molar-refractivity contribution in [3.63, 3.8) is 0 Å². The van der Waals surface area contributed by atoms with Gasteiger partial charge in [-0.2, -0.15) is 0 Å². The number of amides is 1. The monoisotopic (exact) mass is 403 g/mol. The minimum absolute atomic E-state index is 0.0148. The molecule has 0 aliphatic rings. The molecule has 0 fully saturated rings. The van der Waals surface area contributed by atoms with Gasteiger partial charge in [0.05, 0.1) is 5.56 Å². The highest BCUT2D eigenvalue weighted by Crippen LogP contribution is 2.22. The van der Waals surface area contributed by atoms with Crippen LogP contribution in [0.1, 0.15) is 29.3 Å². The fourth-order valence-corrected chi connectivity index (χ4v) is 2.94. The summed E-state index contributed by atoms with van der Waals surface area (Å²) in [5.74, 6) is 0.308. The Bertz CT molecular complexity index is 957. The normalized spacial score (nSPS) is 11.4. The lowest BCUT2D eigenvalue weighted by Crippen LogP contribution is -2.36. The van der Waals surface area contributed by atoms with E-state index in [1.807, 2.05) is 55.5 Å². The Hall–Kier alpha value is -3.60. The summed E-state index contributed by atoms with van der Waals surface area (Å²) >= 11 is 0. The molecule has 0 heterocycles. The van der Waals surface area contributed by atoms with E-state index < -0.39 is 5.97 Å². The molecule has 154 valence electrons. The summed E-state index contributed by atoms with van der Waals surface area (Å²) < 4.78 is 10.9. The fourth-order valence-electron chi connectivity index (χ4n) is 2.94. The highest BCUT2D eigenvalue weighted by atomic mass is 16.5. The van der Waals surface area contributed by atoms with Gasteiger partial charge in [-0.3, -0.25) is 4.79 Å². The van der Waals surface area contributed by atoms with Gasteiger partial charge in [0.15, 0.2) is 6.61 Å². The Morgan fingerprint density at radius 2 is 1.53 bits per heavy atom. The number of hydrogen-bond acceptors (Lipinski definition) is 4. The van der Waals surface area contributed by atoms with Gasteiger partial charge in [-0.05, 0) is 55.7 Å². The number of carbonyl (C=O) groups excluding carboxylic acids is 2. The summed E-state index contributed by atoms with van der Waals surface area (Å²) in [5.41, 5.74) is 1.55. The van der Waals surface area contributed by atoms with Crippen LogP contribution < -0.4 is 10.1 Å².